The molecule has 1 aliphatic carbocycles. The molecule has 3 aromatic rings. The van der Waals surface area contributed by atoms with Gasteiger partial charge in [-0.25, -0.2) is 4.79 Å². The molecular formula is C18H16N2O2. The molecule has 0 amide bonds. The van der Waals surface area contributed by atoms with Crippen molar-refractivity contribution in [1.29, 1.82) is 0 Å². The van der Waals surface area contributed by atoms with E-state index in [9.17, 15) is 9.59 Å². The monoisotopic (exact) mass is 292 g/mol. The van der Waals surface area contributed by atoms with Crippen LogP contribution in [-0.2, 0) is 26.9 Å². The highest BCUT2D eigenvalue weighted by Gasteiger charge is 2.18. The maximum absolute atomic E-state index is 12.2. The van der Waals surface area contributed by atoms with Crippen molar-refractivity contribution < 1.29 is 0 Å². The van der Waals surface area contributed by atoms with Gasteiger partial charge < -0.3 is 0 Å². The maximum atomic E-state index is 12.2. The molecule has 0 spiro atoms. The van der Waals surface area contributed by atoms with Crippen LogP contribution in [0.4, 0.5) is 0 Å². The SMILES string of the molecule is Cn1c(-c2ccc3c4c(cccc24)CC3)cc(=O)n(C)c1=O. The topological polar surface area (TPSA) is 44.0 Å². The van der Waals surface area contributed by atoms with Crippen molar-refractivity contribution in [3.05, 3.63) is 68.4 Å². The van der Waals surface area contributed by atoms with Crippen LogP contribution in [0.2, 0.25) is 0 Å². The standard InChI is InChI=1S/C18H16N2O2/c1-19-15(10-16(21)20(2)18(19)22)13-9-8-12-7-6-11-4-3-5-14(13)17(11)12/h3-5,8-10H,6-7H2,1-2H3. The summed E-state index contributed by atoms with van der Waals surface area (Å²) in [6.45, 7) is 0. The summed E-state index contributed by atoms with van der Waals surface area (Å²) in [6, 6.07) is 12.0. The smallest absolute Gasteiger partial charge is 0.296 e. The van der Waals surface area contributed by atoms with Crippen LogP contribution in [0.25, 0.3) is 22.0 Å². The minimum absolute atomic E-state index is 0.277. The quantitative estimate of drug-likeness (QED) is 0.688. The number of aryl methyl sites for hydroxylation is 2. The predicted molar refractivity (Wildman–Crippen MR) is 87.3 cm³/mol. The third-order valence-corrected chi connectivity index (χ3v) is 4.68. The van der Waals surface area contributed by atoms with Crippen molar-refractivity contribution in [2.24, 2.45) is 14.1 Å². The Kier molecular flexibility index (Phi) is 2.64. The van der Waals surface area contributed by atoms with Gasteiger partial charge in [-0.15, -0.1) is 0 Å². The first-order valence-electron chi connectivity index (χ1n) is 7.39. The van der Waals surface area contributed by atoms with Crippen LogP contribution in [0.5, 0.6) is 0 Å². The van der Waals surface area contributed by atoms with E-state index in [0.717, 1.165) is 28.4 Å². The van der Waals surface area contributed by atoms with Crippen LogP contribution in [0.1, 0.15) is 11.1 Å². The van der Waals surface area contributed by atoms with Crippen molar-refractivity contribution in [3.8, 4) is 11.3 Å². The summed E-state index contributed by atoms with van der Waals surface area (Å²) in [6.07, 6.45) is 2.12. The van der Waals surface area contributed by atoms with Crippen LogP contribution in [0, 0.1) is 0 Å². The molecule has 22 heavy (non-hydrogen) atoms. The molecule has 1 aromatic heterocycles. The summed E-state index contributed by atoms with van der Waals surface area (Å²) >= 11 is 0. The van der Waals surface area contributed by atoms with Gasteiger partial charge in [-0.3, -0.25) is 13.9 Å². The minimum atomic E-state index is -0.300. The van der Waals surface area contributed by atoms with Gasteiger partial charge in [0.1, 0.15) is 0 Å². The van der Waals surface area contributed by atoms with Crippen LogP contribution < -0.4 is 11.2 Å². The second kappa shape index (κ2) is 4.44. The predicted octanol–water partition coefficient (Wildman–Crippen LogP) is 2.00. The zero-order valence-corrected chi connectivity index (χ0v) is 12.6. The van der Waals surface area contributed by atoms with Crippen LogP contribution in [0.15, 0.2) is 46.0 Å². The highest BCUT2D eigenvalue weighted by Crippen LogP contribution is 2.36. The summed E-state index contributed by atoms with van der Waals surface area (Å²) in [5, 5.41) is 2.41. The molecule has 1 aliphatic rings. The molecule has 0 saturated heterocycles. The van der Waals surface area contributed by atoms with Crippen molar-refractivity contribution in [2.45, 2.75) is 12.8 Å². The molecule has 0 saturated carbocycles. The lowest BCUT2D eigenvalue weighted by molar-refractivity contribution is 0.692. The van der Waals surface area contributed by atoms with E-state index in [1.807, 2.05) is 6.07 Å². The molecule has 1 heterocycles. The molecule has 0 radical (unpaired) electrons. The number of rotatable bonds is 1. The Morgan fingerprint density at radius 3 is 2.41 bits per heavy atom. The van der Waals surface area contributed by atoms with Crippen LogP contribution in [0.3, 0.4) is 0 Å². The summed E-state index contributed by atoms with van der Waals surface area (Å²) in [4.78, 5) is 24.2. The normalized spacial score (nSPS) is 13.0. The Balaban J connectivity index is 2.14. The van der Waals surface area contributed by atoms with E-state index >= 15 is 0 Å². The summed E-state index contributed by atoms with van der Waals surface area (Å²) in [5.41, 5.74) is 3.74. The average molecular weight is 292 g/mol. The fraction of sp³-hybridized carbons (Fsp3) is 0.222. The molecule has 0 N–H and O–H groups in total. The zero-order chi connectivity index (χ0) is 15.4. The molecule has 4 heteroatoms. The van der Waals surface area contributed by atoms with Gasteiger partial charge in [0.2, 0.25) is 0 Å². The molecule has 0 bridgehead atoms. The van der Waals surface area contributed by atoms with Gasteiger partial charge in [0.25, 0.3) is 5.56 Å². The molecule has 0 unspecified atom stereocenters. The van der Waals surface area contributed by atoms with Gasteiger partial charge in [-0.2, -0.15) is 0 Å². The molecule has 0 aliphatic heterocycles. The Morgan fingerprint density at radius 1 is 0.909 bits per heavy atom. The zero-order valence-electron chi connectivity index (χ0n) is 12.6. The Bertz CT molecular complexity index is 1030. The van der Waals surface area contributed by atoms with E-state index in [4.69, 9.17) is 0 Å². The summed E-state index contributed by atoms with van der Waals surface area (Å²) in [5.74, 6) is 0. The lowest BCUT2D eigenvalue weighted by Crippen LogP contribution is -2.37. The van der Waals surface area contributed by atoms with Gasteiger partial charge in [0.05, 0.1) is 5.69 Å². The van der Waals surface area contributed by atoms with E-state index in [-0.39, 0.29) is 11.2 Å². The molecule has 110 valence electrons. The number of benzene rings is 2. The Morgan fingerprint density at radius 2 is 1.64 bits per heavy atom. The van der Waals surface area contributed by atoms with Crippen molar-refractivity contribution >= 4 is 10.8 Å². The number of aromatic nitrogens is 2. The van der Waals surface area contributed by atoms with E-state index in [1.54, 1.807) is 17.7 Å². The fourth-order valence-corrected chi connectivity index (χ4v) is 3.46. The second-order valence-electron chi connectivity index (χ2n) is 5.88. The highest BCUT2D eigenvalue weighted by atomic mass is 16.2. The molecule has 0 fully saturated rings. The molecule has 0 atom stereocenters. The summed E-state index contributed by atoms with van der Waals surface area (Å²) in [7, 11) is 3.21. The Labute approximate surface area is 127 Å². The lowest BCUT2D eigenvalue weighted by Gasteiger charge is -2.13. The summed E-state index contributed by atoms with van der Waals surface area (Å²) < 4.78 is 2.67. The number of hydrogen-bond donors (Lipinski definition) is 0. The van der Waals surface area contributed by atoms with Crippen molar-refractivity contribution in [3.63, 3.8) is 0 Å². The Hall–Kier alpha value is -2.62. The van der Waals surface area contributed by atoms with Gasteiger partial charge >= 0.3 is 5.69 Å². The van der Waals surface area contributed by atoms with E-state index in [1.165, 1.54) is 23.6 Å². The molecule has 4 rings (SSSR count). The third kappa shape index (κ3) is 1.64. The van der Waals surface area contributed by atoms with Gasteiger partial charge in [0, 0.05) is 25.7 Å². The first-order chi connectivity index (χ1) is 10.6. The first kappa shape index (κ1) is 13.1. The van der Waals surface area contributed by atoms with Gasteiger partial charge in [-0.05, 0) is 34.7 Å². The second-order valence-corrected chi connectivity index (χ2v) is 5.88. The van der Waals surface area contributed by atoms with Gasteiger partial charge in [0.15, 0.2) is 0 Å². The first-order valence-corrected chi connectivity index (χ1v) is 7.39. The van der Waals surface area contributed by atoms with Crippen LogP contribution in [-0.4, -0.2) is 9.13 Å². The third-order valence-electron chi connectivity index (χ3n) is 4.68. The van der Waals surface area contributed by atoms with Crippen molar-refractivity contribution in [1.82, 2.24) is 9.13 Å². The molecule has 2 aromatic carbocycles. The largest absolute Gasteiger partial charge is 0.330 e. The molecular weight excluding hydrogens is 276 g/mol. The maximum Gasteiger partial charge on any atom is 0.330 e. The number of hydrogen-bond acceptors (Lipinski definition) is 2. The van der Waals surface area contributed by atoms with E-state index in [0.29, 0.717) is 5.69 Å². The number of nitrogens with zero attached hydrogens (tertiary/aromatic N) is 2. The van der Waals surface area contributed by atoms with Crippen molar-refractivity contribution in [2.75, 3.05) is 0 Å². The van der Waals surface area contributed by atoms with Gasteiger partial charge in [-0.1, -0.05) is 30.3 Å². The minimum Gasteiger partial charge on any atom is -0.296 e. The van der Waals surface area contributed by atoms with E-state index in [2.05, 4.69) is 24.3 Å². The van der Waals surface area contributed by atoms with E-state index < -0.39 is 0 Å². The molecule has 4 nitrogen and oxygen atoms in total. The highest BCUT2D eigenvalue weighted by molar-refractivity contribution is 6.00. The lowest BCUT2D eigenvalue weighted by atomic mass is 9.98. The fourth-order valence-electron chi connectivity index (χ4n) is 3.46. The average Bonchev–Trinajstić information content (AvgIpc) is 2.95. The van der Waals surface area contributed by atoms with Crippen LogP contribution >= 0.6 is 0 Å².